The van der Waals surface area contributed by atoms with E-state index in [-0.39, 0.29) is 11.6 Å². The first kappa shape index (κ1) is 21.7. The van der Waals surface area contributed by atoms with E-state index in [9.17, 15) is 9.59 Å². The summed E-state index contributed by atoms with van der Waals surface area (Å²) in [5.74, 6) is -0.294. The van der Waals surface area contributed by atoms with Crippen LogP contribution in [0.15, 0.2) is 66.9 Å². The van der Waals surface area contributed by atoms with Crippen molar-refractivity contribution >= 4 is 11.6 Å². The Morgan fingerprint density at radius 2 is 1.45 bits per heavy atom. The zero-order valence-corrected chi connectivity index (χ0v) is 19.3. The van der Waals surface area contributed by atoms with Gasteiger partial charge in [0.1, 0.15) is 0 Å². The van der Waals surface area contributed by atoms with Crippen molar-refractivity contribution in [3.8, 4) is 0 Å². The lowest BCUT2D eigenvalue weighted by atomic mass is 9.85. The minimum absolute atomic E-state index is 0.147. The highest BCUT2D eigenvalue weighted by atomic mass is 16.2. The maximum absolute atomic E-state index is 13.9. The number of aromatic nitrogens is 1. The molecule has 1 aliphatic carbocycles. The number of carbonyl (C=O) groups excluding carboxylic acids is 2. The van der Waals surface area contributed by atoms with Gasteiger partial charge in [-0.05, 0) is 42.2 Å². The molecule has 0 amide bonds. The predicted molar refractivity (Wildman–Crippen MR) is 128 cm³/mol. The van der Waals surface area contributed by atoms with Crippen LogP contribution in [0.1, 0.15) is 50.0 Å². The normalized spacial score (nSPS) is 18.5. The van der Waals surface area contributed by atoms with Crippen LogP contribution in [0.3, 0.4) is 0 Å². The van der Waals surface area contributed by atoms with Crippen LogP contribution in [0.4, 0.5) is 0 Å². The number of pyridine rings is 1. The molecule has 0 saturated carbocycles. The Bertz CT molecular complexity index is 1180. The summed E-state index contributed by atoms with van der Waals surface area (Å²) in [5, 5.41) is 0. The molecule has 0 N–H and O–H groups in total. The molecule has 3 aromatic rings. The van der Waals surface area contributed by atoms with Crippen molar-refractivity contribution in [2.24, 2.45) is 0 Å². The van der Waals surface area contributed by atoms with E-state index in [1.165, 1.54) is 11.1 Å². The van der Waals surface area contributed by atoms with Crippen molar-refractivity contribution in [3.05, 3.63) is 100 Å². The number of ketones is 2. The van der Waals surface area contributed by atoms with Gasteiger partial charge in [-0.25, -0.2) is 0 Å². The van der Waals surface area contributed by atoms with Crippen LogP contribution >= 0.6 is 0 Å². The standard InChI is InChI=1S/C28H29N3O2/c1-3-21-8-4-5-9-22(21)19-30-14-16-31(17-15-30)28(25-18-20(2)12-13-29-25)26(32)23-10-6-7-11-24(23)27(28)33/h4-13,18H,3,14-17,19H2,1-2H3. The summed E-state index contributed by atoms with van der Waals surface area (Å²) in [6.07, 6.45) is 2.72. The van der Waals surface area contributed by atoms with Crippen LogP contribution in [-0.4, -0.2) is 52.5 Å². The molecule has 5 nitrogen and oxygen atoms in total. The number of rotatable bonds is 5. The molecule has 1 fully saturated rings. The van der Waals surface area contributed by atoms with E-state index in [0.29, 0.717) is 29.9 Å². The predicted octanol–water partition coefficient (Wildman–Crippen LogP) is 4.04. The zero-order chi connectivity index (χ0) is 23.0. The summed E-state index contributed by atoms with van der Waals surface area (Å²) in [5.41, 5.74) is 3.89. The van der Waals surface area contributed by atoms with E-state index >= 15 is 0 Å². The van der Waals surface area contributed by atoms with Gasteiger partial charge in [-0.2, -0.15) is 0 Å². The molecule has 1 aromatic heterocycles. The maximum Gasteiger partial charge on any atom is 0.198 e. The Hall–Kier alpha value is -3.15. The second kappa shape index (κ2) is 8.65. The summed E-state index contributed by atoms with van der Waals surface area (Å²) in [7, 11) is 0. The Morgan fingerprint density at radius 1 is 0.848 bits per heavy atom. The average molecular weight is 440 g/mol. The Kier molecular flexibility index (Phi) is 5.69. The van der Waals surface area contributed by atoms with Crippen molar-refractivity contribution in [1.29, 1.82) is 0 Å². The van der Waals surface area contributed by atoms with Gasteiger partial charge in [-0.3, -0.25) is 24.4 Å². The van der Waals surface area contributed by atoms with Gasteiger partial charge in [-0.15, -0.1) is 0 Å². The lowest BCUT2D eigenvalue weighted by Crippen LogP contribution is -2.60. The molecule has 5 heteroatoms. The molecule has 2 heterocycles. The van der Waals surface area contributed by atoms with Crippen molar-refractivity contribution in [2.75, 3.05) is 26.2 Å². The maximum atomic E-state index is 13.9. The number of aryl methyl sites for hydroxylation is 2. The van der Waals surface area contributed by atoms with Gasteiger partial charge in [0.05, 0.1) is 5.69 Å². The first-order valence-corrected chi connectivity index (χ1v) is 11.7. The van der Waals surface area contributed by atoms with Gasteiger partial charge in [0.25, 0.3) is 0 Å². The highest BCUT2D eigenvalue weighted by molar-refractivity contribution is 6.32. The molecular weight excluding hydrogens is 410 g/mol. The Labute approximate surface area is 195 Å². The Morgan fingerprint density at radius 3 is 2.06 bits per heavy atom. The lowest BCUT2D eigenvalue weighted by Gasteiger charge is -2.43. The van der Waals surface area contributed by atoms with E-state index < -0.39 is 5.54 Å². The number of nitrogens with zero attached hydrogens (tertiary/aromatic N) is 3. The van der Waals surface area contributed by atoms with E-state index in [1.54, 1.807) is 18.3 Å². The second-order valence-electron chi connectivity index (χ2n) is 9.02. The molecule has 2 aliphatic rings. The molecule has 2 aromatic carbocycles. The Balaban J connectivity index is 1.46. The molecule has 1 saturated heterocycles. The third kappa shape index (κ3) is 3.52. The smallest absolute Gasteiger partial charge is 0.198 e. The van der Waals surface area contributed by atoms with E-state index in [0.717, 1.165) is 31.6 Å². The van der Waals surface area contributed by atoms with Gasteiger partial charge in [-0.1, -0.05) is 55.5 Å². The third-order valence-electron chi connectivity index (χ3n) is 7.10. The van der Waals surface area contributed by atoms with Crippen molar-refractivity contribution in [1.82, 2.24) is 14.8 Å². The molecule has 5 rings (SSSR count). The van der Waals surface area contributed by atoms with Crippen LogP contribution < -0.4 is 0 Å². The second-order valence-corrected chi connectivity index (χ2v) is 9.02. The highest BCUT2D eigenvalue weighted by Crippen LogP contribution is 2.42. The highest BCUT2D eigenvalue weighted by Gasteiger charge is 2.59. The molecule has 33 heavy (non-hydrogen) atoms. The van der Waals surface area contributed by atoms with Gasteiger partial charge in [0.2, 0.25) is 0 Å². The fraction of sp³-hybridized carbons (Fsp3) is 0.321. The summed E-state index contributed by atoms with van der Waals surface area (Å²) in [6.45, 7) is 7.90. The number of hydrogen-bond donors (Lipinski definition) is 0. The number of Topliss-reactive ketones (excluding diaryl/α,β-unsaturated/α-hetero) is 2. The molecule has 0 spiro atoms. The lowest BCUT2D eigenvalue weighted by molar-refractivity contribution is 0.0266. The minimum Gasteiger partial charge on any atom is -0.297 e. The fourth-order valence-electron chi connectivity index (χ4n) is 5.33. The molecular formula is C28H29N3O2. The first-order valence-electron chi connectivity index (χ1n) is 11.7. The van der Waals surface area contributed by atoms with Crippen molar-refractivity contribution in [3.63, 3.8) is 0 Å². The van der Waals surface area contributed by atoms with Gasteiger partial charge >= 0.3 is 0 Å². The van der Waals surface area contributed by atoms with Crippen LogP contribution in [0.25, 0.3) is 0 Å². The van der Waals surface area contributed by atoms with Crippen molar-refractivity contribution in [2.45, 2.75) is 32.4 Å². The monoisotopic (exact) mass is 439 g/mol. The minimum atomic E-state index is -1.37. The van der Waals surface area contributed by atoms with Gasteiger partial charge in [0, 0.05) is 50.0 Å². The molecule has 0 unspecified atom stereocenters. The molecule has 0 atom stereocenters. The molecule has 168 valence electrons. The van der Waals surface area contributed by atoms with E-state index in [4.69, 9.17) is 0 Å². The van der Waals surface area contributed by atoms with Crippen LogP contribution in [-0.2, 0) is 18.5 Å². The summed E-state index contributed by atoms with van der Waals surface area (Å²) >= 11 is 0. The third-order valence-corrected chi connectivity index (χ3v) is 7.10. The molecule has 0 bridgehead atoms. The SMILES string of the molecule is CCc1ccccc1CN1CCN(C2(c3cc(C)ccn3)C(=O)c3ccccc3C2=O)CC1. The summed E-state index contributed by atoms with van der Waals surface area (Å²) < 4.78 is 0. The number of hydrogen-bond acceptors (Lipinski definition) is 5. The van der Waals surface area contributed by atoms with Crippen LogP contribution in [0, 0.1) is 6.92 Å². The average Bonchev–Trinajstić information content (AvgIpc) is 3.08. The number of carbonyl (C=O) groups is 2. The van der Waals surface area contributed by atoms with Gasteiger partial charge < -0.3 is 0 Å². The number of benzene rings is 2. The van der Waals surface area contributed by atoms with Crippen molar-refractivity contribution < 1.29 is 9.59 Å². The van der Waals surface area contributed by atoms with Crippen LogP contribution in [0.2, 0.25) is 0 Å². The first-order chi connectivity index (χ1) is 16.1. The largest absolute Gasteiger partial charge is 0.297 e. The number of fused-ring (bicyclic) bond motifs is 1. The zero-order valence-electron chi connectivity index (χ0n) is 19.3. The summed E-state index contributed by atoms with van der Waals surface area (Å²) in [4.78, 5) is 36.8. The van der Waals surface area contributed by atoms with E-state index in [1.807, 2.05) is 31.2 Å². The number of piperazine rings is 1. The van der Waals surface area contributed by atoms with Crippen LogP contribution in [0.5, 0.6) is 0 Å². The molecule has 1 aliphatic heterocycles. The molecule has 0 radical (unpaired) electrons. The topological polar surface area (TPSA) is 53.5 Å². The van der Waals surface area contributed by atoms with E-state index in [2.05, 4.69) is 46.0 Å². The fourth-order valence-corrected chi connectivity index (χ4v) is 5.33. The summed E-state index contributed by atoms with van der Waals surface area (Å²) in [6, 6.07) is 19.6. The van der Waals surface area contributed by atoms with Gasteiger partial charge in [0.15, 0.2) is 17.1 Å². The quantitative estimate of drug-likeness (QED) is 0.562.